The van der Waals surface area contributed by atoms with E-state index in [2.05, 4.69) is 16.4 Å². The highest BCUT2D eigenvalue weighted by Crippen LogP contribution is 2.45. The van der Waals surface area contributed by atoms with E-state index in [1.807, 2.05) is 62.4 Å². The number of imide groups is 1. The van der Waals surface area contributed by atoms with E-state index in [1.54, 1.807) is 0 Å². The molecule has 0 spiro atoms. The first-order valence-corrected chi connectivity index (χ1v) is 15.2. The maximum atomic E-state index is 14.6. The largest absolute Gasteiger partial charge is 0.271 e. The molecule has 7 rings (SSSR count). The number of carbonyl (C=O) groups is 3. The highest BCUT2D eigenvalue weighted by atomic mass is 19.2. The summed E-state index contributed by atoms with van der Waals surface area (Å²) in [6, 6.07) is 12.3. The number of nitrogens with zero attached hydrogens (tertiary/aromatic N) is 6. The number of halogens is 4. The van der Waals surface area contributed by atoms with Crippen molar-refractivity contribution in [1.82, 2.24) is 10.0 Å². The Bertz CT molecular complexity index is 1880. The maximum Gasteiger partial charge on any atom is 0.264 e. The average Bonchev–Trinajstić information content (AvgIpc) is 3.72. The molecule has 47 heavy (non-hydrogen) atoms. The minimum Gasteiger partial charge on any atom is -0.271 e. The second-order valence-electron chi connectivity index (χ2n) is 12.2. The molecule has 3 amide bonds. The Hall–Kier alpha value is -5.20. The summed E-state index contributed by atoms with van der Waals surface area (Å²) in [4.78, 5) is 40.6. The molecule has 0 bridgehead atoms. The predicted molar refractivity (Wildman–Crippen MR) is 163 cm³/mol. The van der Waals surface area contributed by atoms with Gasteiger partial charge < -0.3 is 0 Å². The molecular formula is C34H28F4N6O3. The van der Waals surface area contributed by atoms with Crippen LogP contribution in [0.2, 0.25) is 0 Å². The SMILES string of the molecule is Cc1ccc(/C=C2/CCC[C@@H]3C2=NN(C(=O)CN2N=N[C@@H]4C(=O)N(c5c(F)c(F)cc(F)c5F)C(=O)[C@H]42)[C@H]3c2ccc(C)cc2)cc1. The topological polar surface area (TPSA) is 98.0 Å². The molecule has 3 heterocycles. The van der Waals surface area contributed by atoms with Crippen LogP contribution in [0.25, 0.3) is 6.08 Å². The van der Waals surface area contributed by atoms with Crippen LogP contribution >= 0.6 is 0 Å². The van der Waals surface area contributed by atoms with Gasteiger partial charge in [0.1, 0.15) is 12.2 Å². The van der Waals surface area contributed by atoms with Gasteiger partial charge in [-0.1, -0.05) is 64.9 Å². The number of benzene rings is 3. The zero-order valence-corrected chi connectivity index (χ0v) is 25.3. The summed E-state index contributed by atoms with van der Waals surface area (Å²) < 4.78 is 57.2. The van der Waals surface area contributed by atoms with Crippen LogP contribution in [-0.4, -0.2) is 52.1 Å². The van der Waals surface area contributed by atoms with Crippen LogP contribution in [0.4, 0.5) is 23.2 Å². The Morgan fingerprint density at radius 1 is 0.894 bits per heavy atom. The molecule has 0 radical (unpaired) electrons. The number of amides is 3. The Labute approximate surface area is 266 Å². The number of hydrogen-bond acceptors (Lipinski definition) is 7. The number of hydrogen-bond donors (Lipinski definition) is 0. The van der Waals surface area contributed by atoms with Crippen molar-refractivity contribution in [3.05, 3.63) is 106 Å². The fraction of sp³-hybridized carbons (Fsp3) is 0.294. The molecule has 3 aliphatic heterocycles. The zero-order chi connectivity index (χ0) is 33.1. The standard InChI is InChI=1S/C34H28F4N6O3/c1-17-6-10-19(11-7-17)14-21-4-3-5-22-28(21)40-44(30(22)20-12-8-18(2)9-13-20)25(45)16-42-32-29(39-41-42)33(46)43(34(32)47)31-26(37)23(35)15-24(36)27(31)38/h6-15,22,29-30,32H,3-5,16H2,1-2H3/b21-14-/t22-,29+,30+,32+/m1/s1. The van der Waals surface area contributed by atoms with Gasteiger partial charge in [-0.2, -0.15) is 10.2 Å². The highest BCUT2D eigenvalue weighted by molar-refractivity contribution is 6.25. The monoisotopic (exact) mass is 644 g/mol. The van der Waals surface area contributed by atoms with E-state index >= 15 is 0 Å². The van der Waals surface area contributed by atoms with Crippen molar-refractivity contribution in [2.24, 2.45) is 21.4 Å². The number of hydrazone groups is 1. The minimum atomic E-state index is -1.91. The van der Waals surface area contributed by atoms with Crippen molar-refractivity contribution >= 4 is 35.2 Å². The molecule has 0 aromatic heterocycles. The third-order valence-corrected chi connectivity index (χ3v) is 9.06. The quantitative estimate of drug-likeness (QED) is 0.194. The smallest absolute Gasteiger partial charge is 0.264 e. The number of carbonyl (C=O) groups excluding carboxylic acids is 3. The Balaban J connectivity index is 1.20. The number of aryl methyl sites for hydroxylation is 2. The van der Waals surface area contributed by atoms with E-state index in [9.17, 15) is 31.9 Å². The summed E-state index contributed by atoms with van der Waals surface area (Å²) in [6.07, 6.45) is 4.52. The van der Waals surface area contributed by atoms with Crippen LogP contribution in [0.15, 0.2) is 75.6 Å². The molecule has 4 aliphatic rings. The fourth-order valence-corrected chi connectivity index (χ4v) is 6.71. The van der Waals surface area contributed by atoms with Crippen molar-refractivity contribution in [2.75, 3.05) is 11.4 Å². The number of anilines is 1. The Kier molecular flexibility index (Phi) is 7.48. The predicted octanol–water partition coefficient (Wildman–Crippen LogP) is 5.98. The average molecular weight is 645 g/mol. The molecule has 1 aliphatic carbocycles. The van der Waals surface area contributed by atoms with E-state index in [4.69, 9.17) is 5.10 Å². The summed E-state index contributed by atoms with van der Waals surface area (Å²) in [5.41, 5.74) is 4.37. The summed E-state index contributed by atoms with van der Waals surface area (Å²) in [6.45, 7) is 3.42. The van der Waals surface area contributed by atoms with Gasteiger partial charge in [-0.05, 0) is 55.9 Å². The number of rotatable bonds is 5. The lowest BCUT2D eigenvalue weighted by molar-refractivity contribution is -0.136. The van der Waals surface area contributed by atoms with Crippen LogP contribution in [0, 0.1) is 43.0 Å². The van der Waals surface area contributed by atoms with Crippen molar-refractivity contribution < 1.29 is 31.9 Å². The molecule has 240 valence electrons. The normalized spacial score (nSPS) is 24.3. The molecule has 9 nitrogen and oxygen atoms in total. The molecule has 3 aromatic rings. The van der Waals surface area contributed by atoms with Crippen LogP contribution in [-0.2, 0) is 14.4 Å². The van der Waals surface area contributed by atoms with Gasteiger partial charge in [0.25, 0.3) is 17.7 Å². The van der Waals surface area contributed by atoms with Crippen LogP contribution < -0.4 is 4.90 Å². The molecule has 0 N–H and O–H groups in total. The first kappa shape index (κ1) is 30.5. The van der Waals surface area contributed by atoms with Gasteiger partial charge in [0.15, 0.2) is 35.4 Å². The lowest BCUT2D eigenvalue weighted by atomic mass is 9.77. The van der Waals surface area contributed by atoms with E-state index in [1.165, 1.54) is 5.01 Å². The van der Waals surface area contributed by atoms with Crippen molar-refractivity contribution in [1.29, 1.82) is 0 Å². The zero-order valence-electron chi connectivity index (χ0n) is 25.3. The molecular weight excluding hydrogens is 616 g/mol. The van der Waals surface area contributed by atoms with Gasteiger partial charge in [0.2, 0.25) is 0 Å². The lowest BCUT2D eigenvalue weighted by Crippen LogP contribution is -2.45. The third-order valence-electron chi connectivity index (χ3n) is 9.06. The summed E-state index contributed by atoms with van der Waals surface area (Å²) in [5.74, 6) is -10.5. The summed E-state index contributed by atoms with van der Waals surface area (Å²) >= 11 is 0. The van der Waals surface area contributed by atoms with Gasteiger partial charge in [0, 0.05) is 12.0 Å². The van der Waals surface area contributed by atoms with Gasteiger partial charge >= 0.3 is 0 Å². The molecule has 0 unspecified atom stereocenters. The van der Waals surface area contributed by atoms with Gasteiger partial charge in [-0.15, -0.1) is 0 Å². The third kappa shape index (κ3) is 5.09. The Morgan fingerprint density at radius 3 is 2.19 bits per heavy atom. The fourth-order valence-electron chi connectivity index (χ4n) is 6.71. The molecule has 1 saturated heterocycles. The van der Waals surface area contributed by atoms with Gasteiger partial charge in [-0.25, -0.2) is 27.5 Å². The molecule has 13 heteroatoms. The maximum absolute atomic E-state index is 14.6. The van der Waals surface area contributed by atoms with Crippen molar-refractivity contribution in [3.8, 4) is 0 Å². The van der Waals surface area contributed by atoms with Crippen molar-refractivity contribution in [3.63, 3.8) is 0 Å². The van der Waals surface area contributed by atoms with E-state index in [0.717, 1.165) is 57.8 Å². The minimum absolute atomic E-state index is 0.0221. The highest BCUT2D eigenvalue weighted by Gasteiger charge is 2.57. The first-order chi connectivity index (χ1) is 22.5. The Morgan fingerprint density at radius 2 is 1.53 bits per heavy atom. The molecule has 4 atom stereocenters. The van der Waals surface area contributed by atoms with Crippen LogP contribution in [0.5, 0.6) is 0 Å². The number of fused-ring (bicyclic) bond motifs is 2. The second kappa shape index (κ2) is 11.6. The molecule has 3 aromatic carbocycles. The summed E-state index contributed by atoms with van der Waals surface area (Å²) in [7, 11) is 0. The summed E-state index contributed by atoms with van der Waals surface area (Å²) in [5, 5.41) is 14.8. The van der Waals surface area contributed by atoms with Crippen molar-refractivity contribution in [2.45, 2.75) is 51.2 Å². The molecule has 2 fully saturated rings. The molecule has 1 saturated carbocycles. The van der Waals surface area contributed by atoms with Gasteiger partial charge in [-0.3, -0.25) is 19.4 Å². The number of allylic oxidation sites excluding steroid dienone is 1. The van der Waals surface area contributed by atoms with E-state index in [0.29, 0.717) is 0 Å². The van der Waals surface area contributed by atoms with E-state index < -0.39 is 71.3 Å². The van der Waals surface area contributed by atoms with Crippen LogP contribution in [0.3, 0.4) is 0 Å². The first-order valence-electron chi connectivity index (χ1n) is 15.2. The van der Waals surface area contributed by atoms with Crippen LogP contribution in [0.1, 0.15) is 47.6 Å². The second-order valence-corrected chi connectivity index (χ2v) is 12.2. The van der Waals surface area contributed by atoms with E-state index in [-0.39, 0.29) is 16.9 Å². The lowest BCUT2D eigenvalue weighted by Gasteiger charge is -2.30. The van der Waals surface area contributed by atoms with Gasteiger partial charge in [0.05, 0.1) is 11.8 Å².